The largest absolute Gasteiger partial charge is 0.486 e. The Kier molecular flexibility index (Phi) is 6.99. The van der Waals surface area contributed by atoms with Crippen LogP contribution in [0.4, 0.5) is 10.1 Å². The number of thioether (sulfide) groups is 1. The Balaban J connectivity index is 1.51. The van der Waals surface area contributed by atoms with Gasteiger partial charge in [0, 0.05) is 5.56 Å². The van der Waals surface area contributed by atoms with Crippen LogP contribution < -0.4 is 10.1 Å². The fourth-order valence-electron chi connectivity index (χ4n) is 2.97. The molecule has 1 N–H and O–H groups in total. The van der Waals surface area contributed by atoms with Crippen molar-refractivity contribution in [1.29, 1.82) is 5.26 Å². The van der Waals surface area contributed by atoms with E-state index in [9.17, 15) is 14.4 Å². The predicted octanol–water partition coefficient (Wildman–Crippen LogP) is 6.47. The average Bonchev–Trinajstić information content (AvgIpc) is 3.13. The van der Waals surface area contributed by atoms with Gasteiger partial charge >= 0.3 is 0 Å². The normalized spacial score (nSPS) is 15.5. The van der Waals surface area contributed by atoms with Crippen molar-refractivity contribution in [3.8, 4) is 11.8 Å². The van der Waals surface area contributed by atoms with Gasteiger partial charge in [-0.15, -0.1) is 0 Å². The van der Waals surface area contributed by atoms with E-state index in [1.54, 1.807) is 36.4 Å². The molecule has 0 bridgehead atoms. The van der Waals surface area contributed by atoms with Crippen molar-refractivity contribution >= 4 is 57.8 Å². The molecule has 1 saturated heterocycles. The van der Waals surface area contributed by atoms with E-state index in [2.05, 4.69) is 16.4 Å². The number of amides is 1. The van der Waals surface area contributed by atoms with Crippen LogP contribution in [0.25, 0.3) is 6.08 Å². The zero-order valence-electron chi connectivity index (χ0n) is 16.8. The van der Waals surface area contributed by atoms with Crippen molar-refractivity contribution in [3.05, 3.63) is 98.1 Å². The molecule has 1 amide bonds. The smallest absolute Gasteiger partial charge is 0.264 e. The van der Waals surface area contributed by atoms with E-state index in [-0.39, 0.29) is 34.1 Å². The van der Waals surface area contributed by atoms with Gasteiger partial charge in [0.1, 0.15) is 12.4 Å². The number of nitrogens with zero attached hydrogens (tertiary/aromatic N) is 2. The van der Waals surface area contributed by atoms with Crippen LogP contribution in [-0.2, 0) is 11.4 Å². The molecule has 0 spiro atoms. The van der Waals surface area contributed by atoms with Gasteiger partial charge in [-0.25, -0.2) is 9.38 Å². The Morgan fingerprint density at radius 1 is 1.12 bits per heavy atom. The van der Waals surface area contributed by atoms with Gasteiger partial charge in [-0.3, -0.25) is 4.79 Å². The second-order valence-corrected chi connectivity index (χ2v) is 8.67. The SMILES string of the molecule is N#Cc1ccccc1COc1c(Cl)cc(/C=C2/SC(=Nc3ccc(F)cc3)NC2=O)cc1Cl. The van der Waals surface area contributed by atoms with Gasteiger partial charge in [0.2, 0.25) is 0 Å². The van der Waals surface area contributed by atoms with Crippen molar-refractivity contribution in [2.75, 3.05) is 0 Å². The molecule has 164 valence electrons. The summed E-state index contributed by atoms with van der Waals surface area (Å²) in [7, 11) is 0. The average molecular weight is 498 g/mol. The summed E-state index contributed by atoms with van der Waals surface area (Å²) in [5, 5.41) is 12.8. The standard InChI is InChI=1S/C24H14Cl2FN3O2S/c25-19-9-14(10-20(26)22(19)32-13-16-4-2-1-3-15(16)12-28)11-21-23(31)30-24(33-21)29-18-7-5-17(27)6-8-18/h1-11H,13H2,(H,29,30,31)/b21-11+. The maximum atomic E-state index is 13.1. The van der Waals surface area contributed by atoms with Crippen LogP contribution in [0.1, 0.15) is 16.7 Å². The fraction of sp³-hybridized carbons (Fsp3) is 0.0417. The third kappa shape index (κ3) is 5.55. The van der Waals surface area contributed by atoms with Crippen LogP contribution in [0.15, 0.2) is 70.6 Å². The molecule has 0 radical (unpaired) electrons. The van der Waals surface area contributed by atoms with E-state index in [0.29, 0.717) is 32.5 Å². The van der Waals surface area contributed by atoms with E-state index in [4.69, 9.17) is 27.9 Å². The van der Waals surface area contributed by atoms with E-state index in [1.807, 2.05) is 6.07 Å². The van der Waals surface area contributed by atoms with E-state index in [0.717, 1.165) is 11.8 Å². The minimum Gasteiger partial charge on any atom is -0.486 e. The summed E-state index contributed by atoms with van der Waals surface area (Å²) >= 11 is 13.9. The van der Waals surface area contributed by atoms with Crippen LogP contribution in [0.3, 0.4) is 0 Å². The highest BCUT2D eigenvalue weighted by molar-refractivity contribution is 8.18. The maximum absolute atomic E-state index is 13.1. The highest BCUT2D eigenvalue weighted by Crippen LogP contribution is 2.37. The maximum Gasteiger partial charge on any atom is 0.264 e. The number of hydrogen-bond acceptors (Lipinski definition) is 5. The Labute approximate surface area is 203 Å². The first-order chi connectivity index (χ1) is 15.9. The molecule has 3 aromatic rings. The molecular weight excluding hydrogens is 484 g/mol. The van der Waals surface area contributed by atoms with E-state index < -0.39 is 0 Å². The molecule has 0 aromatic heterocycles. The van der Waals surface area contributed by atoms with Crippen LogP contribution >= 0.6 is 35.0 Å². The number of benzene rings is 3. The number of halogens is 3. The van der Waals surface area contributed by atoms with Crippen molar-refractivity contribution in [3.63, 3.8) is 0 Å². The van der Waals surface area contributed by atoms with Crippen molar-refractivity contribution in [2.24, 2.45) is 4.99 Å². The van der Waals surface area contributed by atoms with Gasteiger partial charge < -0.3 is 10.1 Å². The van der Waals surface area contributed by atoms with E-state index in [1.165, 1.54) is 24.3 Å². The number of rotatable bonds is 5. The van der Waals surface area contributed by atoms with Gasteiger partial charge in [0.15, 0.2) is 10.9 Å². The van der Waals surface area contributed by atoms with Gasteiger partial charge in [0.25, 0.3) is 5.91 Å². The zero-order valence-corrected chi connectivity index (χ0v) is 19.1. The molecule has 5 nitrogen and oxygen atoms in total. The summed E-state index contributed by atoms with van der Waals surface area (Å²) in [4.78, 5) is 17.0. The highest BCUT2D eigenvalue weighted by Gasteiger charge is 2.24. The molecule has 33 heavy (non-hydrogen) atoms. The van der Waals surface area contributed by atoms with Gasteiger partial charge in [-0.05, 0) is 65.9 Å². The minimum absolute atomic E-state index is 0.130. The number of amidine groups is 1. The fourth-order valence-corrected chi connectivity index (χ4v) is 4.43. The molecule has 9 heteroatoms. The topological polar surface area (TPSA) is 74.5 Å². The lowest BCUT2D eigenvalue weighted by molar-refractivity contribution is -0.115. The zero-order chi connectivity index (χ0) is 23.4. The van der Waals surface area contributed by atoms with Crippen LogP contribution in [0.5, 0.6) is 5.75 Å². The molecular formula is C24H14Cl2FN3O2S. The number of aliphatic imine (C=N–C) groups is 1. The van der Waals surface area contributed by atoms with Gasteiger partial charge in [-0.1, -0.05) is 41.4 Å². The van der Waals surface area contributed by atoms with Crippen molar-refractivity contribution in [2.45, 2.75) is 6.61 Å². The van der Waals surface area contributed by atoms with Crippen LogP contribution in [0, 0.1) is 17.1 Å². The third-order valence-electron chi connectivity index (χ3n) is 4.54. The molecule has 1 aliphatic heterocycles. The quantitative estimate of drug-likeness (QED) is 0.409. The molecule has 1 aliphatic rings. The van der Waals surface area contributed by atoms with Crippen LogP contribution in [0.2, 0.25) is 10.0 Å². The molecule has 0 unspecified atom stereocenters. The molecule has 0 aliphatic carbocycles. The van der Waals surface area contributed by atoms with Gasteiger partial charge in [0.05, 0.1) is 32.3 Å². The lowest BCUT2D eigenvalue weighted by Gasteiger charge is -2.12. The molecule has 4 rings (SSSR count). The second-order valence-electron chi connectivity index (χ2n) is 6.83. The second kappa shape index (κ2) is 10.1. The van der Waals surface area contributed by atoms with Gasteiger partial charge in [-0.2, -0.15) is 5.26 Å². The molecule has 1 fully saturated rings. The predicted molar refractivity (Wildman–Crippen MR) is 129 cm³/mol. The van der Waals surface area contributed by atoms with E-state index >= 15 is 0 Å². The van der Waals surface area contributed by atoms with Crippen molar-refractivity contribution < 1.29 is 13.9 Å². The third-order valence-corrected chi connectivity index (χ3v) is 6.01. The monoisotopic (exact) mass is 497 g/mol. The summed E-state index contributed by atoms with van der Waals surface area (Å²) in [5.74, 6) is -0.394. The summed E-state index contributed by atoms with van der Waals surface area (Å²) in [6.45, 7) is 0.130. The Morgan fingerprint density at radius 3 is 2.52 bits per heavy atom. The summed E-state index contributed by atoms with van der Waals surface area (Å²) in [6.07, 6.45) is 1.64. The summed E-state index contributed by atoms with van der Waals surface area (Å²) in [6, 6.07) is 18.1. The lowest BCUT2D eigenvalue weighted by atomic mass is 10.1. The number of carbonyl (C=O) groups excluding carboxylic acids is 1. The lowest BCUT2D eigenvalue weighted by Crippen LogP contribution is -2.19. The number of carbonyl (C=O) groups is 1. The highest BCUT2D eigenvalue weighted by atomic mass is 35.5. The molecule has 0 atom stereocenters. The Hall–Kier alpha value is -3.31. The molecule has 3 aromatic carbocycles. The number of ether oxygens (including phenoxy) is 1. The van der Waals surface area contributed by atoms with Crippen LogP contribution in [-0.4, -0.2) is 11.1 Å². The first-order valence-corrected chi connectivity index (χ1v) is 11.1. The summed E-state index contributed by atoms with van der Waals surface area (Å²) < 4.78 is 18.8. The molecule has 0 saturated carbocycles. The number of nitriles is 1. The van der Waals surface area contributed by atoms with Crippen molar-refractivity contribution in [1.82, 2.24) is 5.32 Å². The number of nitrogens with one attached hydrogen (secondary N) is 1. The summed E-state index contributed by atoms with van der Waals surface area (Å²) in [5.41, 5.74) is 2.35. The minimum atomic E-state index is -0.363. The number of hydrogen-bond donors (Lipinski definition) is 1. The first-order valence-electron chi connectivity index (χ1n) is 9.58. The first kappa shape index (κ1) is 22.9. The Morgan fingerprint density at radius 2 is 1.82 bits per heavy atom. The Bertz CT molecular complexity index is 1310. The molecule has 1 heterocycles.